The van der Waals surface area contributed by atoms with Gasteiger partial charge in [0.2, 0.25) is 0 Å². The minimum absolute atomic E-state index is 0.0104. The monoisotopic (exact) mass is 268 g/mol. The van der Waals surface area contributed by atoms with Crippen molar-refractivity contribution >= 4 is 17.4 Å². The number of methoxy groups -OCH3 is 1. The molecule has 3 N–H and O–H groups in total. The van der Waals surface area contributed by atoms with E-state index < -0.39 is 10.8 Å². The maximum atomic E-state index is 12.0. The van der Waals surface area contributed by atoms with E-state index in [0.29, 0.717) is 13.0 Å². The fourth-order valence-corrected chi connectivity index (χ4v) is 1.47. The highest BCUT2D eigenvalue weighted by Gasteiger charge is 2.18. The van der Waals surface area contributed by atoms with Crippen molar-refractivity contribution in [3.8, 4) is 0 Å². The number of anilines is 1. The lowest BCUT2D eigenvalue weighted by atomic mass is 10.2. The van der Waals surface area contributed by atoms with E-state index in [9.17, 15) is 14.9 Å². The molecule has 0 aliphatic rings. The molecule has 1 unspecified atom stereocenters. The smallest absolute Gasteiger partial charge is 0.288 e. The van der Waals surface area contributed by atoms with Gasteiger partial charge < -0.3 is 15.8 Å². The first kappa shape index (κ1) is 14.8. The van der Waals surface area contributed by atoms with E-state index in [-0.39, 0.29) is 23.1 Å². The molecular formula is C11H16N4O4. The van der Waals surface area contributed by atoms with Gasteiger partial charge in [-0.2, -0.15) is 0 Å². The van der Waals surface area contributed by atoms with Gasteiger partial charge in [-0.15, -0.1) is 0 Å². The molecule has 1 amide bonds. The SMILES string of the molecule is CCC(COC)NC(=O)c1cc([N+](=O)[O-])cnc1N. The van der Waals surface area contributed by atoms with Crippen molar-refractivity contribution < 1.29 is 14.5 Å². The Labute approximate surface area is 110 Å². The lowest BCUT2D eigenvalue weighted by Crippen LogP contribution is -2.37. The van der Waals surface area contributed by atoms with Crippen LogP contribution in [0.15, 0.2) is 12.3 Å². The molecule has 104 valence electrons. The van der Waals surface area contributed by atoms with E-state index in [1.807, 2.05) is 6.92 Å². The number of nitrogens with zero attached hydrogens (tertiary/aromatic N) is 2. The van der Waals surface area contributed by atoms with E-state index in [0.717, 1.165) is 12.3 Å². The highest BCUT2D eigenvalue weighted by atomic mass is 16.6. The molecule has 1 rings (SSSR count). The largest absolute Gasteiger partial charge is 0.383 e. The number of nitrogen functional groups attached to an aromatic ring is 1. The molecule has 0 aromatic carbocycles. The molecular weight excluding hydrogens is 252 g/mol. The van der Waals surface area contributed by atoms with Gasteiger partial charge in [-0.1, -0.05) is 6.92 Å². The summed E-state index contributed by atoms with van der Waals surface area (Å²) in [5.74, 6) is -0.548. The minimum Gasteiger partial charge on any atom is -0.383 e. The van der Waals surface area contributed by atoms with Crippen LogP contribution in [0.25, 0.3) is 0 Å². The van der Waals surface area contributed by atoms with Crippen LogP contribution in [0.3, 0.4) is 0 Å². The van der Waals surface area contributed by atoms with Gasteiger partial charge in [-0.3, -0.25) is 14.9 Å². The second-order valence-electron chi connectivity index (χ2n) is 3.92. The summed E-state index contributed by atoms with van der Waals surface area (Å²) >= 11 is 0. The third-order valence-corrected chi connectivity index (χ3v) is 2.56. The number of hydrogen-bond donors (Lipinski definition) is 2. The van der Waals surface area contributed by atoms with Gasteiger partial charge in [0.05, 0.1) is 23.1 Å². The third kappa shape index (κ3) is 3.88. The predicted molar refractivity (Wildman–Crippen MR) is 68.7 cm³/mol. The van der Waals surface area contributed by atoms with Crippen LogP contribution in [0.4, 0.5) is 11.5 Å². The second kappa shape index (κ2) is 6.64. The zero-order valence-electron chi connectivity index (χ0n) is 10.8. The molecule has 1 aromatic heterocycles. The van der Waals surface area contributed by atoms with Gasteiger partial charge in [-0.05, 0) is 6.42 Å². The zero-order valence-corrected chi connectivity index (χ0v) is 10.8. The molecule has 1 heterocycles. The van der Waals surface area contributed by atoms with E-state index in [1.165, 1.54) is 7.11 Å². The second-order valence-corrected chi connectivity index (χ2v) is 3.92. The van der Waals surface area contributed by atoms with Crippen molar-refractivity contribution in [2.24, 2.45) is 0 Å². The average molecular weight is 268 g/mol. The van der Waals surface area contributed by atoms with Crippen molar-refractivity contribution in [1.82, 2.24) is 10.3 Å². The topological polar surface area (TPSA) is 120 Å². The van der Waals surface area contributed by atoms with E-state index in [2.05, 4.69) is 10.3 Å². The fourth-order valence-electron chi connectivity index (χ4n) is 1.47. The number of carbonyl (C=O) groups is 1. The van der Waals surface area contributed by atoms with Crippen molar-refractivity contribution in [2.45, 2.75) is 19.4 Å². The third-order valence-electron chi connectivity index (χ3n) is 2.56. The zero-order chi connectivity index (χ0) is 14.4. The van der Waals surface area contributed by atoms with E-state index in [4.69, 9.17) is 10.5 Å². The van der Waals surface area contributed by atoms with Crippen LogP contribution in [0.2, 0.25) is 0 Å². The summed E-state index contributed by atoms with van der Waals surface area (Å²) in [6.45, 7) is 2.24. The van der Waals surface area contributed by atoms with Gasteiger partial charge in [0.25, 0.3) is 11.6 Å². The van der Waals surface area contributed by atoms with Crippen LogP contribution < -0.4 is 11.1 Å². The summed E-state index contributed by atoms with van der Waals surface area (Å²) in [7, 11) is 1.53. The maximum absolute atomic E-state index is 12.0. The molecule has 0 saturated carbocycles. The molecule has 0 aliphatic carbocycles. The highest BCUT2D eigenvalue weighted by Crippen LogP contribution is 2.16. The molecule has 0 fully saturated rings. The number of rotatable bonds is 6. The van der Waals surface area contributed by atoms with Gasteiger partial charge in [-0.25, -0.2) is 4.98 Å². The molecule has 0 radical (unpaired) electrons. The maximum Gasteiger partial charge on any atom is 0.288 e. The molecule has 0 bridgehead atoms. The van der Waals surface area contributed by atoms with E-state index in [1.54, 1.807) is 0 Å². The Bertz CT molecular complexity index is 478. The molecule has 8 heteroatoms. The molecule has 1 atom stereocenters. The summed E-state index contributed by atoms with van der Waals surface area (Å²) < 4.78 is 4.95. The Balaban J connectivity index is 2.92. The number of nitro groups is 1. The Morgan fingerprint density at radius 2 is 2.37 bits per heavy atom. The number of nitrogens with two attached hydrogens (primary N) is 1. The van der Waals surface area contributed by atoms with Gasteiger partial charge in [0.15, 0.2) is 0 Å². The lowest BCUT2D eigenvalue weighted by Gasteiger charge is -2.16. The first-order valence-electron chi connectivity index (χ1n) is 5.69. The van der Waals surface area contributed by atoms with Gasteiger partial charge >= 0.3 is 0 Å². The number of nitrogens with one attached hydrogen (secondary N) is 1. The van der Waals surface area contributed by atoms with Crippen LogP contribution in [0, 0.1) is 10.1 Å². The number of hydrogen-bond acceptors (Lipinski definition) is 6. The molecule has 0 spiro atoms. The summed E-state index contributed by atoms with van der Waals surface area (Å²) in [5.41, 5.74) is 5.27. The molecule has 0 saturated heterocycles. The Hall–Kier alpha value is -2.22. The van der Waals surface area contributed by atoms with Gasteiger partial charge in [0, 0.05) is 13.2 Å². The fraction of sp³-hybridized carbons (Fsp3) is 0.455. The summed E-state index contributed by atoms with van der Waals surface area (Å²) in [6.07, 6.45) is 1.68. The number of carbonyl (C=O) groups excluding carboxylic acids is 1. The number of pyridine rings is 1. The Morgan fingerprint density at radius 1 is 1.68 bits per heavy atom. The normalized spacial score (nSPS) is 11.9. The van der Waals surface area contributed by atoms with Crippen molar-refractivity contribution in [1.29, 1.82) is 0 Å². The van der Waals surface area contributed by atoms with Crippen LogP contribution >= 0.6 is 0 Å². The number of ether oxygens (including phenoxy) is 1. The molecule has 19 heavy (non-hydrogen) atoms. The van der Waals surface area contributed by atoms with Gasteiger partial charge in [0.1, 0.15) is 12.0 Å². The van der Waals surface area contributed by atoms with Crippen LogP contribution in [0.5, 0.6) is 0 Å². The van der Waals surface area contributed by atoms with Crippen LogP contribution in [0.1, 0.15) is 23.7 Å². The van der Waals surface area contributed by atoms with Crippen LogP contribution in [-0.4, -0.2) is 35.6 Å². The summed E-state index contributed by atoms with van der Waals surface area (Å²) in [6, 6.07) is 0.924. The predicted octanol–water partition coefficient (Wildman–Crippen LogP) is 0.727. The molecule has 8 nitrogen and oxygen atoms in total. The first-order valence-corrected chi connectivity index (χ1v) is 5.69. The van der Waals surface area contributed by atoms with Crippen molar-refractivity contribution in [3.63, 3.8) is 0 Å². The highest BCUT2D eigenvalue weighted by molar-refractivity contribution is 5.99. The van der Waals surface area contributed by atoms with Crippen molar-refractivity contribution in [3.05, 3.63) is 27.9 Å². The minimum atomic E-state index is -0.629. The quantitative estimate of drug-likeness (QED) is 0.579. The number of aromatic nitrogens is 1. The first-order chi connectivity index (χ1) is 8.99. The van der Waals surface area contributed by atoms with Crippen molar-refractivity contribution in [2.75, 3.05) is 19.5 Å². The molecule has 1 aromatic rings. The standard InChI is InChI=1S/C11H16N4O4/c1-3-7(6-19-2)14-11(16)9-4-8(15(17)18)5-13-10(9)12/h4-5,7H,3,6H2,1-2H3,(H2,12,13)(H,14,16). The summed E-state index contributed by atoms with van der Waals surface area (Å²) in [5, 5.41) is 13.3. The molecule has 0 aliphatic heterocycles. The summed E-state index contributed by atoms with van der Waals surface area (Å²) in [4.78, 5) is 25.6. The Kier molecular flexibility index (Phi) is 5.19. The van der Waals surface area contributed by atoms with E-state index >= 15 is 0 Å². The average Bonchev–Trinajstić information content (AvgIpc) is 2.38. The Morgan fingerprint density at radius 3 is 2.89 bits per heavy atom. The lowest BCUT2D eigenvalue weighted by molar-refractivity contribution is -0.385. The number of amides is 1. The van der Waals surface area contributed by atoms with Crippen LogP contribution in [-0.2, 0) is 4.74 Å².